The number of amides is 1. The number of phenolic OH excluding ortho intramolecular Hbond substituents is 2. The fraction of sp³-hybridized carbons (Fsp3) is 0.462. The second-order valence-electron chi connectivity index (χ2n) is 4.67. The van der Waals surface area contributed by atoms with E-state index < -0.39 is 0 Å². The van der Waals surface area contributed by atoms with Crippen LogP contribution in [0.5, 0.6) is 11.5 Å². The molecule has 0 spiro atoms. The number of nitrogens with zero attached hydrogens (tertiary/aromatic N) is 1. The topological polar surface area (TPSA) is 72.8 Å². The lowest BCUT2D eigenvalue weighted by atomic mass is 10.1. The first-order valence-electron chi connectivity index (χ1n) is 6.07. The largest absolute Gasteiger partial charge is 0.504 e. The van der Waals surface area contributed by atoms with Gasteiger partial charge in [0.25, 0.3) is 5.91 Å². The van der Waals surface area contributed by atoms with E-state index in [9.17, 15) is 15.0 Å². The van der Waals surface area contributed by atoms with Gasteiger partial charge in [0.2, 0.25) is 0 Å². The molecule has 3 N–H and O–H groups in total. The number of carbonyl (C=O) groups excluding carboxylic acids is 1. The van der Waals surface area contributed by atoms with Crippen LogP contribution in [0.4, 0.5) is 0 Å². The highest BCUT2D eigenvalue weighted by Crippen LogP contribution is 2.26. The lowest BCUT2D eigenvalue weighted by Crippen LogP contribution is -2.30. The molecule has 18 heavy (non-hydrogen) atoms. The third-order valence-corrected chi connectivity index (χ3v) is 3.29. The van der Waals surface area contributed by atoms with Crippen LogP contribution in [0, 0.1) is 5.92 Å². The average Bonchev–Trinajstić information content (AvgIpc) is 2.81. The third kappa shape index (κ3) is 2.56. The molecule has 0 saturated carbocycles. The second-order valence-corrected chi connectivity index (χ2v) is 4.67. The highest BCUT2D eigenvalue weighted by molar-refractivity contribution is 5.95. The molecule has 0 aromatic heterocycles. The van der Waals surface area contributed by atoms with Gasteiger partial charge in [-0.1, -0.05) is 0 Å². The number of hydrogen-bond donors (Lipinski definition) is 3. The number of benzene rings is 1. The summed E-state index contributed by atoms with van der Waals surface area (Å²) in [5, 5.41) is 21.7. The molecule has 0 aliphatic carbocycles. The maximum Gasteiger partial charge on any atom is 0.254 e. The molecular weight excluding hydrogens is 232 g/mol. The van der Waals surface area contributed by atoms with Gasteiger partial charge in [0, 0.05) is 18.7 Å². The van der Waals surface area contributed by atoms with E-state index in [1.165, 1.54) is 18.2 Å². The van der Waals surface area contributed by atoms with Crippen molar-refractivity contribution in [3.8, 4) is 11.5 Å². The van der Waals surface area contributed by atoms with Gasteiger partial charge in [-0.2, -0.15) is 0 Å². The van der Waals surface area contributed by atoms with Crippen molar-refractivity contribution in [1.29, 1.82) is 0 Å². The van der Waals surface area contributed by atoms with Crippen molar-refractivity contribution in [3.05, 3.63) is 23.8 Å². The molecule has 1 aromatic carbocycles. The Labute approximate surface area is 106 Å². The Bertz CT molecular complexity index is 448. The summed E-state index contributed by atoms with van der Waals surface area (Å²) in [6.07, 6.45) is 0.997. The smallest absolute Gasteiger partial charge is 0.254 e. The maximum atomic E-state index is 12.2. The molecule has 1 unspecified atom stereocenters. The molecule has 1 aliphatic rings. The van der Waals surface area contributed by atoms with Crippen molar-refractivity contribution >= 4 is 5.91 Å². The van der Waals surface area contributed by atoms with Crippen LogP contribution >= 0.6 is 0 Å². The molecule has 1 aliphatic heterocycles. The second kappa shape index (κ2) is 5.27. The van der Waals surface area contributed by atoms with Gasteiger partial charge in [0.05, 0.1) is 0 Å². The molecule has 1 amide bonds. The number of phenols is 2. The summed E-state index contributed by atoms with van der Waals surface area (Å²) in [5.41, 5.74) is 0.412. The zero-order chi connectivity index (χ0) is 13.1. The Balaban J connectivity index is 2.05. The monoisotopic (exact) mass is 250 g/mol. The van der Waals surface area contributed by atoms with Gasteiger partial charge < -0.3 is 20.4 Å². The van der Waals surface area contributed by atoms with Crippen molar-refractivity contribution in [1.82, 2.24) is 10.2 Å². The van der Waals surface area contributed by atoms with E-state index in [4.69, 9.17) is 0 Å². The summed E-state index contributed by atoms with van der Waals surface area (Å²) in [6.45, 7) is 2.39. The predicted octanol–water partition coefficient (Wildman–Crippen LogP) is 0.779. The standard InChI is InChI=1S/C13H18N2O3/c1-14-7-9-4-5-15(8-9)13(18)10-2-3-11(16)12(17)6-10/h2-3,6,9,14,16-17H,4-5,7-8H2,1H3. The van der Waals surface area contributed by atoms with E-state index in [0.717, 1.165) is 26.1 Å². The van der Waals surface area contributed by atoms with E-state index in [1.807, 2.05) is 7.05 Å². The van der Waals surface area contributed by atoms with E-state index in [1.54, 1.807) is 4.90 Å². The van der Waals surface area contributed by atoms with Crippen molar-refractivity contribution in [2.75, 3.05) is 26.7 Å². The minimum Gasteiger partial charge on any atom is -0.504 e. The average molecular weight is 250 g/mol. The summed E-state index contributed by atoms with van der Waals surface area (Å²) in [5.74, 6) is -0.0681. The first kappa shape index (κ1) is 12.7. The molecule has 98 valence electrons. The van der Waals surface area contributed by atoms with Crippen LogP contribution in [0.25, 0.3) is 0 Å². The molecular formula is C13H18N2O3. The van der Waals surface area contributed by atoms with Crippen molar-refractivity contribution < 1.29 is 15.0 Å². The van der Waals surface area contributed by atoms with E-state index in [2.05, 4.69) is 5.32 Å². The van der Waals surface area contributed by atoms with Crippen molar-refractivity contribution in [2.45, 2.75) is 6.42 Å². The van der Waals surface area contributed by atoms with E-state index in [-0.39, 0.29) is 17.4 Å². The molecule has 2 rings (SSSR count). The molecule has 1 atom stereocenters. The summed E-state index contributed by atoms with van der Waals surface area (Å²) < 4.78 is 0. The lowest BCUT2D eigenvalue weighted by molar-refractivity contribution is 0.0787. The Kier molecular flexibility index (Phi) is 3.72. The Morgan fingerprint density at radius 2 is 2.22 bits per heavy atom. The lowest BCUT2D eigenvalue weighted by Gasteiger charge is -2.16. The summed E-state index contributed by atoms with van der Waals surface area (Å²) in [6, 6.07) is 4.18. The van der Waals surface area contributed by atoms with Crippen LogP contribution in [0.1, 0.15) is 16.8 Å². The predicted molar refractivity (Wildman–Crippen MR) is 67.7 cm³/mol. The first-order valence-corrected chi connectivity index (χ1v) is 6.07. The van der Waals surface area contributed by atoms with Gasteiger partial charge in [-0.05, 0) is 44.1 Å². The molecule has 1 heterocycles. The van der Waals surface area contributed by atoms with Gasteiger partial charge in [-0.25, -0.2) is 0 Å². The highest BCUT2D eigenvalue weighted by atomic mass is 16.3. The van der Waals surface area contributed by atoms with Gasteiger partial charge in [0.1, 0.15) is 0 Å². The molecule has 1 aromatic rings. The zero-order valence-corrected chi connectivity index (χ0v) is 10.4. The molecule has 5 heteroatoms. The summed E-state index contributed by atoms with van der Waals surface area (Å²) in [4.78, 5) is 14.0. The number of likely N-dealkylation sites (tertiary alicyclic amines) is 1. The molecule has 1 fully saturated rings. The molecule has 0 radical (unpaired) electrons. The SMILES string of the molecule is CNCC1CCN(C(=O)c2ccc(O)c(O)c2)C1. The third-order valence-electron chi connectivity index (χ3n) is 3.29. The van der Waals surface area contributed by atoms with Gasteiger partial charge in [-0.15, -0.1) is 0 Å². The summed E-state index contributed by atoms with van der Waals surface area (Å²) >= 11 is 0. The van der Waals surface area contributed by atoms with Crippen LogP contribution in [0.15, 0.2) is 18.2 Å². The van der Waals surface area contributed by atoms with Crippen LogP contribution in [-0.2, 0) is 0 Å². The quantitative estimate of drug-likeness (QED) is 0.693. The Morgan fingerprint density at radius 1 is 1.44 bits per heavy atom. The number of hydrogen-bond acceptors (Lipinski definition) is 4. The van der Waals surface area contributed by atoms with Gasteiger partial charge >= 0.3 is 0 Å². The first-order chi connectivity index (χ1) is 8.61. The minimum absolute atomic E-state index is 0.0936. The highest BCUT2D eigenvalue weighted by Gasteiger charge is 2.26. The Morgan fingerprint density at radius 3 is 2.89 bits per heavy atom. The van der Waals surface area contributed by atoms with Gasteiger partial charge in [-0.3, -0.25) is 4.79 Å². The van der Waals surface area contributed by atoms with Gasteiger partial charge in [0.15, 0.2) is 11.5 Å². The van der Waals surface area contributed by atoms with E-state index >= 15 is 0 Å². The van der Waals surface area contributed by atoms with Crippen molar-refractivity contribution in [3.63, 3.8) is 0 Å². The zero-order valence-electron chi connectivity index (χ0n) is 10.4. The molecule has 0 bridgehead atoms. The molecule has 1 saturated heterocycles. The van der Waals surface area contributed by atoms with Crippen LogP contribution < -0.4 is 5.32 Å². The summed E-state index contributed by atoms with van der Waals surface area (Å²) in [7, 11) is 1.91. The number of aromatic hydroxyl groups is 2. The number of nitrogens with one attached hydrogen (secondary N) is 1. The molecule has 5 nitrogen and oxygen atoms in total. The fourth-order valence-corrected chi connectivity index (χ4v) is 2.31. The number of carbonyl (C=O) groups is 1. The van der Waals surface area contributed by atoms with E-state index in [0.29, 0.717) is 11.5 Å². The fourth-order valence-electron chi connectivity index (χ4n) is 2.31. The normalized spacial score (nSPS) is 19.2. The minimum atomic E-state index is -0.258. The maximum absolute atomic E-state index is 12.2. The van der Waals surface area contributed by atoms with Crippen molar-refractivity contribution in [2.24, 2.45) is 5.92 Å². The van der Waals surface area contributed by atoms with Crippen LogP contribution in [-0.4, -0.2) is 47.7 Å². The van der Waals surface area contributed by atoms with Crippen LogP contribution in [0.2, 0.25) is 0 Å². The van der Waals surface area contributed by atoms with Crippen LogP contribution in [0.3, 0.4) is 0 Å². The Hall–Kier alpha value is -1.75. The number of rotatable bonds is 3.